The maximum absolute atomic E-state index is 13.0. The van der Waals surface area contributed by atoms with Gasteiger partial charge in [0.05, 0.1) is 10.5 Å². The third-order valence-electron chi connectivity index (χ3n) is 3.53. The molecule has 1 heterocycles. The van der Waals surface area contributed by atoms with Crippen molar-refractivity contribution in [3.8, 4) is 0 Å². The molecule has 0 saturated carbocycles. The van der Waals surface area contributed by atoms with Crippen LogP contribution in [0.1, 0.15) is 24.8 Å². The number of alkyl halides is 4. The fourth-order valence-corrected chi connectivity index (χ4v) is 5.27. The maximum Gasteiger partial charge on any atom is 0.417 e. The van der Waals surface area contributed by atoms with Crippen molar-refractivity contribution >= 4 is 26.0 Å². The standard InChI is InChI=1S/C13H15BrF3NO2S/c14-9-10-5-3-4-8-18(10)21(19,20)12-7-2-1-6-11(12)13(15,16)17/h1-2,6-7,10H,3-5,8-9H2. The van der Waals surface area contributed by atoms with Crippen molar-refractivity contribution in [2.45, 2.75) is 36.4 Å². The average Bonchev–Trinajstić information content (AvgIpc) is 2.46. The van der Waals surface area contributed by atoms with E-state index in [1.165, 1.54) is 16.4 Å². The molecule has 1 saturated heterocycles. The van der Waals surface area contributed by atoms with Crippen LogP contribution in [0.25, 0.3) is 0 Å². The second-order valence-electron chi connectivity index (χ2n) is 4.91. The molecule has 0 bridgehead atoms. The summed E-state index contributed by atoms with van der Waals surface area (Å²) in [6.07, 6.45) is -2.50. The van der Waals surface area contributed by atoms with Crippen molar-refractivity contribution in [2.24, 2.45) is 0 Å². The number of rotatable bonds is 3. The zero-order chi connectivity index (χ0) is 15.7. The first-order chi connectivity index (χ1) is 9.78. The number of piperidine rings is 1. The van der Waals surface area contributed by atoms with Gasteiger partial charge in [-0.25, -0.2) is 8.42 Å². The van der Waals surface area contributed by atoms with Crippen LogP contribution >= 0.6 is 15.9 Å². The minimum atomic E-state index is -4.69. The lowest BCUT2D eigenvalue weighted by Crippen LogP contribution is -2.45. The summed E-state index contributed by atoms with van der Waals surface area (Å²) in [6.45, 7) is 0.255. The molecule has 1 aromatic rings. The SMILES string of the molecule is O=S(=O)(c1ccccc1C(F)(F)F)N1CCCCC1CBr. The summed E-state index contributed by atoms with van der Waals surface area (Å²) in [5.41, 5.74) is -1.11. The fourth-order valence-electron chi connectivity index (χ4n) is 2.50. The second-order valence-corrected chi connectivity index (χ2v) is 7.42. The van der Waals surface area contributed by atoms with Gasteiger partial charge in [-0.05, 0) is 25.0 Å². The van der Waals surface area contributed by atoms with E-state index >= 15 is 0 Å². The quantitative estimate of drug-likeness (QED) is 0.744. The lowest BCUT2D eigenvalue weighted by Gasteiger charge is -2.34. The number of benzene rings is 1. The lowest BCUT2D eigenvalue weighted by molar-refractivity contribution is -0.139. The Morgan fingerprint density at radius 1 is 1.24 bits per heavy atom. The summed E-state index contributed by atoms with van der Waals surface area (Å²) in [5.74, 6) is 0. The van der Waals surface area contributed by atoms with Gasteiger partial charge < -0.3 is 0 Å². The second kappa shape index (κ2) is 6.26. The van der Waals surface area contributed by atoms with Gasteiger partial charge in [-0.15, -0.1) is 0 Å². The van der Waals surface area contributed by atoms with E-state index in [4.69, 9.17) is 0 Å². The van der Waals surface area contributed by atoms with E-state index in [2.05, 4.69) is 15.9 Å². The normalized spacial score (nSPS) is 21.4. The largest absolute Gasteiger partial charge is 0.417 e. The maximum atomic E-state index is 13.0. The highest BCUT2D eigenvalue weighted by Gasteiger charge is 2.40. The highest BCUT2D eigenvalue weighted by atomic mass is 79.9. The predicted octanol–water partition coefficient (Wildman–Crippen LogP) is 3.64. The summed E-state index contributed by atoms with van der Waals surface area (Å²) >= 11 is 3.25. The van der Waals surface area contributed by atoms with Crippen molar-refractivity contribution in [3.05, 3.63) is 29.8 Å². The first-order valence-electron chi connectivity index (χ1n) is 6.52. The first-order valence-corrected chi connectivity index (χ1v) is 9.08. The van der Waals surface area contributed by atoms with Crippen LogP contribution in [0.2, 0.25) is 0 Å². The number of nitrogens with zero attached hydrogens (tertiary/aromatic N) is 1. The summed E-state index contributed by atoms with van der Waals surface area (Å²) in [4.78, 5) is -0.662. The van der Waals surface area contributed by atoms with Crippen LogP contribution in [0, 0.1) is 0 Å². The zero-order valence-corrected chi connectivity index (χ0v) is 13.5. The van der Waals surface area contributed by atoms with Gasteiger partial charge in [0.1, 0.15) is 0 Å². The Morgan fingerprint density at radius 3 is 2.52 bits per heavy atom. The molecule has 1 atom stereocenters. The molecule has 3 nitrogen and oxygen atoms in total. The molecule has 0 N–H and O–H groups in total. The van der Waals surface area contributed by atoms with E-state index in [9.17, 15) is 21.6 Å². The number of sulfonamides is 1. The highest BCUT2D eigenvalue weighted by Crippen LogP contribution is 2.36. The van der Waals surface area contributed by atoms with Crippen LogP contribution in [0.4, 0.5) is 13.2 Å². The molecule has 1 aromatic carbocycles. The molecule has 8 heteroatoms. The molecule has 21 heavy (non-hydrogen) atoms. The van der Waals surface area contributed by atoms with E-state index in [1.807, 2.05) is 0 Å². The van der Waals surface area contributed by atoms with Crippen LogP contribution in [-0.2, 0) is 16.2 Å². The molecule has 1 unspecified atom stereocenters. The molecule has 0 radical (unpaired) electrons. The summed E-state index contributed by atoms with van der Waals surface area (Å²) in [6, 6.07) is 4.04. The Bertz CT molecular complexity index is 604. The van der Waals surface area contributed by atoms with E-state index in [1.54, 1.807) is 0 Å². The molecule has 0 aliphatic carbocycles. The lowest BCUT2D eigenvalue weighted by atomic mass is 10.1. The van der Waals surface area contributed by atoms with Gasteiger partial charge in [-0.1, -0.05) is 34.5 Å². The van der Waals surface area contributed by atoms with E-state index < -0.39 is 26.7 Å². The Kier molecular flexibility index (Phi) is 4.99. The Balaban J connectivity index is 2.49. The Morgan fingerprint density at radius 2 is 1.90 bits per heavy atom. The monoisotopic (exact) mass is 385 g/mol. The zero-order valence-electron chi connectivity index (χ0n) is 11.1. The van der Waals surface area contributed by atoms with E-state index in [0.29, 0.717) is 18.2 Å². The summed E-state index contributed by atoms with van der Waals surface area (Å²) < 4.78 is 65.5. The third kappa shape index (κ3) is 3.43. The van der Waals surface area contributed by atoms with Crippen LogP contribution in [0.3, 0.4) is 0 Å². The summed E-state index contributed by atoms with van der Waals surface area (Å²) in [7, 11) is -4.15. The fraction of sp³-hybridized carbons (Fsp3) is 0.538. The highest BCUT2D eigenvalue weighted by molar-refractivity contribution is 9.09. The van der Waals surface area contributed by atoms with Crippen LogP contribution in [-0.4, -0.2) is 30.6 Å². The van der Waals surface area contributed by atoms with Crippen molar-refractivity contribution in [3.63, 3.8) is 0 Å². The van der Waals surface area contributed by atoms with E-state index in [-0.39, 0.29) is 12.6 Å². The van der Waals surface area contributed by atoms with Crippen molar-refractivity contribution in [2.75, 3.05) is 11.9 Å². The van der Waals surface area contributed by atoms with Gasteiger partial charge in [0.25, 0.3) is 0 Å². The number of hydrogen-bond acceptors (Lipinski definition) is 2. The minimum absolute atomic E-state index is 0.255. The van der Waals surface area contributed by atoms with Crippen molar-refractivity contribution in [1.29, 1.82) is 0 Å². The van der Waals surface area contributed by atoms with Crippen molar-refractivity contribution in [1.82, 2.24) is 4.31 Å². The molecule has 1 fully saturated rings. The molecule has 1 aliphatic heterocycles. The molecule has 1 aliphatic rings. The van der Waals surface area contributed by atoms with Crippen molar-refractivity contribution < 1.29 is 21.6 Å². The molecular formula is C13H15BrF3NO2S. The number of halogens is 4. The first kappa shape index (κ1) is 16.8. The van der Waals surface area contributed by atoms with Crippen LogP contribution < -0.4 is 0 Å². The van der Waals surface area contributed by atoms with E-state index in [0.717, 1.165) is 18.6 Å². The topological polar surface area (TPSA) is 37.4 Å². The number of hydrogen-bond donors (Lipinski definition) is 0. The van der Waals surface area contributed by atoms with Gasteiger partial charge in [0, 0.05) is 17.9 Å². The van der Waals surface area contributed by atoms with Gasteiger partial charge in [-0.2, -0.15) is 17.5 Å². The summed E-state index contributed by atoms with van der Waals surface area (Å²) in [5, 5.41) is 0.417. The molecule has 2 rings (SSSR count). The van der Waals surface area contributed by atoms with Gasteiger partial charge in [-0.3, -0.25) is 0 Å². The van der Waals surface area contributed by atoms with Gasteiger partial charge in [0.15, 0.2) is 0 Å². The smallest absolute Gasteiger partial charge is 0.207 e. The van der Waals surface area contributed by atoms with Crippen LogP contribution in [0.5, 0.6) is 0 Å². The molecule has 118 valence electrons. The molecule has 0 amide bonds. The molecule has 0 aromatic heterocycles. The van der Waals surface area contributed by atoms with Gasteiger partial charge >= 0.3 is 6.18 Å². The molecular weight excluding hydrogens is 371 g/mol. The average molecular weight is 386 g/mol. The third-order valence-corrected chi connectivity index (χ3v) is 6.29. The van der Waals surface area contributed by atoms with Gasteiger partial charge in [0.2, 0.25) is 10.0 Å². The Labute approximate surface area is 130 Å². The Hall–Kier alpha value is -0.600. The molecule has 0 spiro atoms. The minimum Gasteiger partial charge on any atom is -0.207 e. The van der Waals surface area contributed by atoms with Crippen LogP contribution in [0.15, 0.2) is 29.2 Å². The predicted molar refractivity (Wildman–Crippen MR) is 76.8 cm³/mol.